The minimum atomic E-state index is -1.67. The van der Waals surface area contributed by atoms with Gasteiger partial charge in [0.05, 0.1) is 35.4 Å². The second-order valence-corrected chi connectivity index (χ2v) is 25.1. The molecule has 0 bridgehead atoms. The number of hydrogen-bond acceptors (Lipinski definition) is 17. The number of rotatable bonds is 5. The number of aliphatic hydroxyl groups excluding tert-OH is 1. The van der Waals surface area contributed by atoms with Gasteiger partial charge >= 0.3 is 18.3 Å². The number of aryl methyl sites for hydroxylation is 1. The molecule has 0 aliphatic carbocycles. The standard InChI is InChI=1S/C10H10N2O2.C10H18O5.C9H9ClN2.C8H7ClN2.C8H5N3.C8H8N2O.C7H5ClN2.C7H6N2.Cl2OS/c1-2-14-10(13)8-4-6-12-9-7(8)3-5-11-9;1-9(2,3)14-7(11)13-8(12)15-10(4,5)6;1-12-5-3-8-7(6-10)2-4-11-9(8)12;2*9-5-6-1-3-10-8-7(6)2-4-11-8;11-5-6-1-3-9-8-7(6)2-4-10-8;8-6-2-4-10-7-5(6)1-3-9-7;1-2-6-3-5-9-7(6)8-4-1;1-4(2)3/h3-6H,2H2,1H3,(H,11,12);1-6H3;2-5H,6H2,1H3;1-4H,5H2,(H,10,11);1-4H,(H,10,11);1-4,11H,5H2,(H,9,10);1-4H,(H,9,10);1-5H,(H,8,9);. The number of halogens is 5. The smallest absolute Gasteiger partial charge is 0.462 e. The van der Waals surface area contributed by atoms with Crippen LogP contribution in [0.2, 0.25) is 5.02 Å². The van der Waals surface area contributed by atoms with Crippen molar-refractivity contribution in [2.75, 3.05) is 6.61 Å². The highest BCUT2D eigenvalue weighted by atomic mass is 36.0. The summed E-state index contributed by atoms with van der Waals surface area (Å²) in [4.78, 5) is 80.1. The van der Waals surface area contributed by atoms with Gasteiger partial charge in [-0.3, -0.25) is 0 Å². The first-order chi connectivity index (χ1) is 46.5. The number of aromatic amines is 6. The average molecular weight is 1440 g/mol. The average Bonchev–Trinajstić information content (AvgIpc) is 1.72. The predicted molar refractivity (Wildman–Crippen MR) is 381 cm³/mol. The van der Waals surface area contributed by atoms with Crippen LogP contribution in [0.4, 0.5) is 9.59 Å². The maximum absolute atomic E-state index is 11.5. The highest BCUT2D eigenvalue weighted by Gasteiger charge is 2.24. The van der Waals surface area contributed by atoms with E-state index in [0.717, 1.165) is 93.3 Å². The molecule has 0 amide bonds. The summed E-state index contributed by atoms with van der Waals surface area (Å²) in [6.07, 6.45) is 22.7. The number of aliphatic hydroxyl groups is 1. The third-order valence-electron chi connectivity index (χ3n) is 12.6. The summed E-state index contributed by atoms with van der Waals surface area (Å²) in [7, 11) is 9.34. The Morgan fingerprint density at radius 1 is 0.546 bits per heavy atom. The predicted octanol–water partition coefficient (Wildman–Crippen LogP) is 16.5. The van der Waals surface area contributed by atoms with Gasteiger partial charge in [-0.05, 0) is 156 Å². The zero-order chi connectivity index (χ0) is 70.5. The monoisotopic (exact) mass is 1430 g/mol. The fraction of sp³-hybridized carbons (Fsp3) is 0.209. The third-order valence-corrected chi connectivity index (χ3v) is 13.5. The lowest BCUT2D eigenvalue weighted by molar-refractivity contribution is -0.0294. The van der Waals surface area contributed by atoms with E-state index >= 15 is 0 Å². The first kappa shape index (κ1) is 76.1. The van der Waals surface area contributed by atoms with Gasteiger partial charge in [-0.1, -0.05) is 11.6 Å². The molecule has 30 heteroatoms. The molecule has 0 aromatic carbocycles. The van der Waals surface area contributed by atoms with Crippen LogP contribution in [-0.4, -0.2) is 115 Å². The SMILES string of the molecule is CC(C)(C)OC(=O)OC(=O)OC(C)(C)C.CCOC(=O)c1ccnc2[nH]ccc12.ClCc1ccnc2[nH]ccc12.Clc1ccnc2[nH]ccc12.Cn1ccc2c(CCl)ccnc21.N#Cc1ccnc2[nH]ccc12.O=S(Cl)Cl.OCc1ccnc2[nH]ccc12.c1cnc2[nH]ccc2c1. The first-order valence-corrected chi connectivity index (χ1v) is 33.4. The summed E-state index contributed by atoms with van der Waals surface area (Å²) in [5.41, 5.74) is 9.00. The van der Waals surface area contributed by atoms with E-state index in [4.69, 9.17) is 63.6 Å². The van der Waals surface area contributed by atoms with E-state index in [1.165, 1.54) is 0 Å². The van der Waals surface area contributed by atoms with Crippen molar-refractivity contribution in [2.45, 2.75) is 78.0 Å². The van der Waals surface area contributed by atoms with Gasteiger partial charge in [0, 0.05) is 165 Å². The Balaban J connectivity index is 0.000000174. The Bertz CT molecular complexity index is 4720. The third kappa shape index (κ3) is 24.1. The van der Waals surface area contributed by atoms with Crippen molar-refractivity contribution in [3.8, 4) is 6.07 Å². The highest BCUT2D eigenvalue weighted by molar-refractivity contribution is 8.26. The van der Waals surface area contributed by atoms with E-state index in [1.807, 2.05) is 115 Å². The van der Waals surface area contributed by atoms with Gasteiger partial charge in [-0.15, -0.1) is 23.2 Å². The van der Waals surface area contributed by atoms with Crippen LogP contribution in [0.1, 0.15) is 81.1 Å². The van der Waals surface area contributed by atoms with Crippen LogP contribution in [0.25, 0.3) is 77.2 Å². The molecule has 506 valence electrons. The van der Waals surface area contributed by atoms with Gasteiger partial charge in [-0.25, -0.2) is 53.5 Å². The Morgan fingerprint density at radius 2 is 0.969 bits per heavy atom. The van der Waals surface area contributed by atoms with Crippen LogP contribution in [0.5, 0.6) is 0 Å². The fourth-order valence-corrected chi connectivity index (χ4v) is 9.13. The van der Waals surface area contributed by atoms with Crippen molar-refractivity contribution in [1.82, 2.24) is 69.4 Å². The molecule has 14 aromatic heterocycles. The number of H-pyrrole nitrogens is 6. The minimum absolute atomic E-state index is 0.0663. The van der Waals surface area contributed by atoms with Crippen molar-refractivity contribution in [1.29, 1.82) is 5.26 Å². The minimum Gasteiger partial charge on any atom is -0.462 e. The van der Waals surface area contributed by atoms with Gasteiger partial charge in [-0.2, -0.15) is 5.26 Å². The molecule has 14 rings (SSSR count). The van der Waals surface area contributed by atoms with Crippen LogP contribution in [0.15, 0.2) is 178 Å². The Hall–Kier alpha value is -9.91. The van der Waals surface area contributed by atoms with Crippen LogP contribution < -0.4 is 0 Å². The number of pyridine rings is 7. The van der Waals surface area contributed by atoms with Gasteiger partial charge in [0.1, 0.15) is 50.7 Å². The Labute approximate surface area is 582 Å². The number of nitrogens with one attached hydrogen (secondary N) is 6. The molecule has 0 radical (unpaired) electrons. The number of ether oxygens (including phenoxy) is 4. The number of aromatic nitrogens is 14. The number of hydrogen-bond donors (Lipinski definition) is 7. The quantitative estimate of drug-likeness (QED) is 0.0277. The summed E-state index contributed by atoms with van der Waals surface area (Å²) in [6, 6.07) is 30.4. The lowest BCUT2D eigenvalue weighted by Gasteiger charge is -2.20. The van der Waals surface area contributed by atoms with Crippen molar-refractivity contribution < 1.29 is 42.6 Å². The number of fused-ring (bicyclic) bond motifs is 7. The molecule has 0 spiro atoms. The second kappa shape index (κ2) is 38.0. The summed E-state index contributed by atoms with van der Waals surface area (Å²) in [5, 5.41) is 25.4. The van der Waals surface area contributed by atoms with E-state index in [0.29, 0.717) is 35.1 Å². The Morgan fingerprint density at radius 3 is 1.48 bits per heavy atom. The summed E-state index contributed by atoms with van der Waals surface area (Å²) >= 11 is 17.3. The number of carbonyl (C=O) groups excluding carboxylic acids is 3. The molecule has 0 saturated carbocycles. The molecule has 0 fully saturated rings. The van der Waals surface area contributed by atoms with Crippen LogP contribution in [0, 0.1) is 11.3 Å². The fourth-order valence-electron chi connectivity index (χ4n) is 8.45. The number of alkyl halides is 2. The largest absolute Gasteiger partial charge is 0.519 e. The molecule has 14 heterocycles. The van der Waals surface area contributed by atoms with Crippen LogP contribution >= 0.6 is 56.2 Å². The zero-order valence-electron chi connectivity index (χ0n) is 53.6. The Kier molecular flexibility index (Phi) is 29.8. The number of nitriles is 1. The lowest BCUT2D eigenvalue weighted by atomic mass is 10.2. The molecular weight excluding hydrogens is 1370 g/mol. The summed E-state index contributed by atoms with van der Waals surface area (Å²) in [6.45, 7) is 12.3. The van der Waals surface area contributed by atoms with E-state index in [1.54, 1.807) is 122 Å². The highest BCUT2D eigenvalue weighted by Crippen LogP contribution is 2.22. The molecule has 0 unspecified atom stereocenters. The van der Waals surface area contributed by atoms with Crippen LogP contribution in [0.3, 0.4) is 0 Å². The number of esters is 1. The molecule has 14 aromatic rings. The molecular formula is C67H68Cl5N15O9S. The zero-order valence-corrected chi connectivity index (χ0v) is 58.2. The molecule has 0 aliphatic heterocycles. The van der Waals surface area contributed by atoms with Gasteiger partial charge in [0.25, 0.3) is 0 Å². The molecule has 0 saturated heterocycles. The molecule has 0 aliphatic rings. The van der Waals surface area contributed by atoms with E-state index < -0.39 is 32.7 Å². The van der Waals surface area contributed by atoms with Gasteiger partial charge < -0.3 is 58.5 Å². The molecule has 0 atom stereocenters. The van der Waals surface area contributed by atoms with E-state index in [-0.39, 0.29) is 12.6 Å². The summed E-state index contributed by atoms with van der Waals surface area (Å²) in [5.74, 6) is 0.777. The first-order valence-electron chi connectivity index (χ1n) is 29.2. The van der Waals surface area contributed by atoms with E-state index in [2.05, 4.69) is 97.0 Å². The van der Waals surface area contributed by atoms with Crippen LogP contribution in [-0.2, 0) is 53.6 Å². The summed E-state index contributed by atoms with van der Waals surface area (Å²) < 4.78 is 29.8. The molecule has 24 nitrogen and oxygen atoms in total. The van der Waals surface area contributed by atoms with Gasteiger partial charge in [0.15, 0.2) is 0 Å². The van der Waals surface area contributed by atoms with E-state index in [9.17, 15) is 14.4 Å². The van der Waals surface area contributed by atoms with Crippen molar-refractivity contribution in [3.05, 3.63) is 211 Å². The topological polar surface area (TPSA) is 339 Å². The maximum atomic E-state index is 11.5. The molecule has 7 N–H and O–H groups in total. The second-order valence-electron chi connectivity index (χ2n) is 21.7. The number of nitrogens with zero attached hydrogens (tertiary/aromatic N) is 9. The number of carbonyl (C=O) groups is 3. The van der Waals surface area contributed by atoms with Gasteiger partial charge in [0.2, 0.25) is 9.23 Å². The molecule has 97 heavy (non-hydrogen) atoms. The van der Waals surface area contributed by atoms with Crippen molar-refractivity contribution in [3.63, 3.8) is 0 Å². The van der Waals surface area contributed by atoms with Crippen molar-refractivity contribution >= 4 is 161 Å². The maximum Gasteiger partial charge on any atom is 0.519 e. The van der Waals surface area contributed by atoms with Crippen molar-refractivity contribution in [2.24, 2.45) is 7.05 Å². The normalized spacial score (nSPS) is 10.6. The lowest BCUT2D eigenvalue weighted by Crippen LogP contribution is -2.29.